The lowest BCUT2D eigenvalue weighted by molar-refractivity contribution is -0.133. The number of amides is 2. The normalized spacial score (nSPS) is 16.0. The highest BCUT2D eigenvalue weighted by Gasteiger charge is 2.26. The minimum absolute atomic E-state index is 0.0313. The molecule has 2 N–H and O–H groups in total. The van der Waals surface area contributed by atoms with Gasteiger partial charge in [-0.25, -0.2) is 0 Å². The summed E-state index contributed by atoms with van der Waals surface area (Å²) in [6.45, 7) is 3.10. The lowest BCUT2D eigenvalue weighted by Gasteiger charge is -2.32. The first-order valence-electron chi connectivity index (χ1n) is 5.89. The zero-order valence-electron chi connectivity index (χ0n) is 10.6. The molecule has 2 rings (SSSR count). The molecular weight excluding hydrogens is 230 g/mol. The lowest BCUT2D eigenvalue weighted by Crippen LogP contribution is -2.50. The van der Waals surface area contributed by atoms with Crippen LogP contribution in [0.15, 0.2) is 18.2 Å². The van der Waals surface area contributed by atoms with Crippen molar-refractivity contribution in [2.24, 2.45) is 0 Å². The summed E-state index contributed by atoms with van der Waals surface area (Å²) in [7, 11) is 1.75. The van der Waals surface area contributed by atoms with Crippen molar-refractivity contribution in [1.82, 2.24) is 9.80 Å². The van der Waals surface area contributed by atoms with Gasteiger partial charge in [0.2, 0.25) is 5.91 Å². The Bertz CT molecular complexity index is 499. The summed E-state index contributed by atoms with van der Waals surface area (Å²) in [5.41, 5.74) is 7.74. The van der Waals surface area contributed by atoms with Gasteiger partial charge >= 0.3 is 0 Å². The Kier molecular flexibility index (Phi) is 3.23. The van der Waals surface area contributed by atoms with E-state index in [2.05, 4.69) is 0 Å². The van der Waals surface area contributed by atoms with Gasteiger partial charge in [-0.05, 0) is 24.6 Å². The number of piperazine rings is 1. The highest BCUT2D eigenvalue weighted by molar-refractivity contribution is 5.99. The van der Waals surface area contributed by atoms with Crippen molar-refractivity contribution < 1.29 is 9.59 Å². The average molecular weight is 247 g/mol. The van der Waals surface area contributed by atoms with Crippen LogP contribution in [-0.4, -0.2) is 48.3 Å². The second-order valence-electron chi connectivity index (χ2n) is 4.56. The molecule has 1 heterocycles. The first-order valence-corrected chi connectivity index (χ1v) is 5.89. The van der Waals surface area contributed by atoms with Crippen LogP contribution < -0.4 is 5.73 Å². The molecule has 0 saturated carbocycles. The second kappa shape index (κ2) is 4.68. The first kappa shape index (κ1) is 12.4. The molecule has 5 heteroatoms. The zero-order chi connectivity index (χ0) is 13.3. The van der Waals surface area contributed by atoms with Crippen molar-refractivity contribution in [3.8, 4) is 0 Å². The van der Waals surface area contributed by atoms with Crippen LogP contribution in [0, 0.1) is 6.92 Å². The Morgan fingerprint density at radius 3 is 2.72 bits per heavy atom. The van der Waals surface area contributed by atoms with E-state index in [1.54, 1.807) is 35.0 Å². The van der Waals surface area contributed by atoms with Crippen LogP contribution in [-0.2, 0) is 4.79 Å². The van der Waals surface area contributed by atoms with Crippen molar-refractivity contribution in [3.63, 3.8) is 0 Å². The van der Waals surface area contributed by atoms with Gasteiger partial charge in [-0.15, -0.1) is 0 Å². The van der Waals surface area contributed by atoms with E-state index in [0.717, 1.165) is 5.56 Å². The minimum Gasteiger partial charge on any atom is -0.398 e. The van der Waals surface area contributed by atoms with Crippen molar-refractivity contribution >= 4 is 17.5 Å². The molecule has 1 fully saturated rings. The van der Waals surface area contributed by atoms with E-state index < -0.39 is 0 Å². The quantitative estimate of drug-likeness (QED) is 0.734. The predicted octanol–water partition coefficient (Wildman–Crippen LogP) is 0.491. The maximum atomic E-state index is 12.3. The van der Waals surface area contributed by atoms with Gasteiger partial charge in [-0.2, -0.15) is 0 Å². The molecule has 1 saturated heterocycles. The maximum Gasteiger partial charge on any atom is 0.254 e. The standard InChI is InChI=1S/C13H17N3O2/c1-9-10(4-3-5-11(9)14)13(18)16-7-6-15(2)12(17)8-16/h3-5H,6-8,14H2,1-2H3. The number of nitrogens with zero attached hydrogens (tertiary/aromatic N) is 2. The fourth-order valence-corrected chi connectivity index (χ4v) is 1.99. The number of nitrogens with two attached hydrogens (primary N) is 1. The Labute approximate surface area is 106 Å². The van der Waals surface area contributed by atoms with Crippen molar-refractivity contribution in [3.05, 3.63) is 29.3 Å². The highest BCUT2D eigenvalue weighted by Crippen LogP contribution is 2.18. The molecule has 0 bridgehead atoms. The van der Waals surface area contributed by atoms with Gasteiger partial charge in [0.05, 0.1) is 0 Å². The number of anilines is 1. The van der Waals surface area contributed by atoms with Crippen molar-refractivity contribution in [2.45, 2.75) is 6.92 Å². The first-order chi connectivity index (χ1) is 8.50. The van der Waals surface area contributed by atoms with Gasteiger partial charge in [0.25, 0.3) is 5.91 Å². The highest BCUT2D eigenvalue weighted by atomic mass is 16.2. The molecule has 2 amide bonds. The van der Waals surface area contributed by atoms with Crippen LogP contribution in [0.2, 0.25) is 0 Å². The zero-order valence-corrected chi connectivity index (χ0v) is 10.6. The van der Waals surface area contributed by atoms with Crippen LogP contribution in [0.25, 0.3) is 0 Å². The van der Waals surface area contributed by atoms with Crippen LogP contribution >= 0.6 is 0 Å². The van der Waals surface area contributed by atoms with Gasteiger partial charge in [0.15, 0.2) is 0 Å². The van der Waals surface area contributed by atoms with E-state index in [1.807, 2.05) is 6.92 Å². The van der Waals surface area contributed by atoms with Crippen LogP contribution in [0.3, 0.4) is 0 Å². The third-order valence-electron chi connectivity index (χ3n) is 3.35. The number of rotatable bonds is 1. The fraction of sp³-hybridized carbons (Fsp3) is 0.385. The Hall–Kier alpha value is -2.04. The Morgan fingerprint density at radius 2 is 2.06 bits per heavy atom. The van der Waals surface area contributed by atoms with E-state index in [1.165, 1.54) is 0 Å². The third-order valence-corrected chi connectivity index (χ3v) is 3.35. The van der Waals surface area contributed by atoms with E-state index in [-0.39, 0.29) is 18.4 Å². The molecule has 1 aliphatic rings. The number of nitrogen functional groups attached to an aromatic ring is 1. The number of benzene rings is 1. The third kappa shape index (κ3) is 2.16. The molecule has 0 atom stereocenters. The molecule has 0 radical (unpaired) electrons. The molecular formula is C13H17N3O2. The summed E-state index contributed by atoms with van der Waals surface area (Å²) < 4.78 is 0. The van der Waals surface area contributed by atoms with Gasteiger partial charge in [-0.1, -0.05) is 6.07 Å². The van der Waals surface area contributed by atoms with Gasteiger partial charge < -0.3 is 15.5 Å². The fourth-order valence-electron chi connectivity index (χ4n) is 1.99. The second-order valence-corrected chi connectivity index (χ2v) is 4.56. The summed E-state index contributed by atoms with van der Waals surface area (Å²) in [5, 5.41) is 0. The van der Waals surface area contributed by atoms with E-state index in [9.17, 15) is 9.59 Å². The monoisotopic (exact) mass is 247 g/mol. The molecule has 1 aromatic carbocycles. The van der Waals surface area contributed by atoms with Crippen LogP contribution in [0.1, 0.15) is 15.9 Å². The number of likely N-dealkylation sites (N-methyl/N-ethyl adjacent to an activating group) is 1. The number of hydrogen-bond donors (Lipinski definition) is 1. The topological polar surface area (TPSA) is 66.6 Å². The molecule has 1 aromatic rings. The van der Waals surface area contributed by atoms with Crippen molar-refractivity contribution in [1.29, 1.82) is 0 Å². The van der Waals surface area contributed by atoms with Crippen LogP contribution in [0.4, 0.5) is 5.69 Å². The summed E-state index contributed by atoms with van der Waals surface area (Å²) in [4.78, 5) is 27.1. The van der Waals surface area contributed by atoms with E-state index in [0.29, 0.717) is 24.3 Å². The summed E-state index contributed by atoms with van der Waals surface area (Å²) >= 11 is 0. The number of hydrogen-bond acceptors (Lipinski definition) is 3. The summed E-state index contributed by atoms with van der Waals surface area (Å²) in [5.74, 6) is -0.155. The largest absolute Gasteiger partial charge is 0.398 e. The minimum atomic E-state index is -0.124. The van der Waals surface area contributed by atoms with E-state index >= 15 is 0 Å². The molecule has 0 spiro atoms. The molecule has 96 valence electrons. The Balaban J connectivity index is 2.22. The molecule has 0 aliphatic carbocycles. The lowest BCUT2D eigenvalue weighted by atomic mass is 10.1. The number of carbonyl (C=O) groups excluding carboxylic acids is 2. The molecule has 0 aromatic heterocycles. The molecule has 0 unspecified atom stereocenters. The van der Waals surface area contributed by atoms with Gasteiger partial charge in [0.1, 0.15) is 6.54 Å². The smallest absolute Gasteiger partial charge is 0.254 e. The van der Waals surface area contributed by atoms with Crippen molar-refractivity contribution in [2.75, 3.05) is 32.4 Å². The molecule has 18 heavy (non-hydrogen) atoms. The summed E-state index contributed by atoms with van der Waals surface area (Å²) in [6.07, 6.45) is 0. The Morgan fingerprint density at radius 1 is 1.33 bits per heavy atom. The maximum absolute atomic E-state index is 12.3. The van der Waals surface area contributed by atoms with Gasteiger partial charge in [-0.3, -0.25) is 9.59 Å². The number of carbonyl (C=O) groups is 2. The molecule has 5 nitrogen and oxygen atoms in total. The predicted molar refractivity (Wildman–Crippen MR) is 69.1 cm³/mol. The average Bonchev–Trinajstić information content (AvgIpc) is 2.35. The summed E-state index contributed by atoms with van der Waals surface area (Å²) in [6, 6.07) is 5.27. The van der Waals surface area contributed by atoms with E-state index in [4.69, 9.17) is 5.73 Å². The van der Waals surface area contributed by atoms with Crippen LogP contribution in [0.5, 0.6) is 0 Å². The molecule has 1 aliphatic heterocycles. The SMILES string of the molecule is Cc1c(N)cccc1C(=O)N1CCN(C)C(=O)C1. The van der Waals surface area contributed by atoms with Gasteiger partial charge in [0, 0.05) is 31.4 Å².